The van der Waals surface area contributed by atoms with Crippen molar-refractivity contribution < 1.29 is 23.7 Å². The lowest BCUT2D eigenvalue weighted by Gasteiger charge is -2.29. The molecule has 3 rings (SSSR count). The van der Waals surface area contributed by atoms with E-state index in [1.807, 2.05) is 49.4 Å². The number of para-hydroxylation sites is 3. The average molecular weight is 331 g/mol. The summed E-state index contributed by atoms with van der Waals surface area (Å²) in [6.45, 7) is 2.28. The smallest absolute Gasteiger partial charge is 0.205 e. The monoisotopic (exact) mass is 331 g/mol. The fraction of sp³-hybridized carbons (Fsp3) is 0.333. The normalized spacial score (nSPS) is 17.0. The van der Waals surface area contributed by atoms with Crippen LogP contribution in [0, 0.1) is 0 Å². The molecule has 1 aliphatic rings. The van der Waals surface area contributed by atoms with Crippen LogP contribution in [0.3, 0.4) is 0 Å². The third kappa shape index (κ3) is 3.49. The first-order valence-electron chi connectivity index (χ1n) is 7.73. The highest BCUT2D eigenvalue weighted by molar-refractivity contribution is 5.51. The molecule has 2 atom stereocenters. The van der Waals surface area contributed by atoms with Crippen molar-refractivity contribution in [3.05, 3.63) is 42.5 Å². The first-order valence-corrected chi connectivity index (χ1v) is 7.73. The molecule has 1 aliphatic heterocycles. The maximum absolute atomic E-state index is 5.95. The average Bonchev–Trinajstić information content (AvgIpc) is 2.61. The third-order valence-corrected chi connectivity index (χ3v) is 3.61. The summed E-state index contributed by atoms with van der Waals surface area (Å²) in [4.78, 5) is 0. The Balaban J connectivity index is 1.66. The second-order valence-electron chi connectivity index (χ2n) is 5.28. The van der Waals surface area contributed by atoms with E-state index >= 15 is 0 Å². The molecule has 24 heavy (non-hydrogen) atoms. The highest BCUT2D eigenvalue weighted by atomic mass is 16.6. The topological polar surface area (TPSA) is 58.2 Å². The zero-order valence-electron chi connectivity index (χ0n) is 13.9. The van der Waals surface area contributed by atoms with E-state index in [-0.39, 0.29) is 12.5 Å². The number of fused-ring (bicyclic) bond motifs is 1. The molecule has 1 heterocycles. The summed E-state index contributed by atoms with van der Waals surface area (Å²) in [7, 11) is 3.18. The van der Waals surface area contributed by atoms with Crippen LogP contribution >= 0.6 is 0 Å². The fourth-order valence-corrected chi connectivity index (χ4v) is 2.51. The molecule has 6 nitrogen and oxygen atoms in total. The van der Waals surface area contributed by atoms with Crippen molar-refractivity contribution in [1.29, 1.82) is 0 Å². The Morgan fingerprint density at radius 1 is 1.00 bits per heavy atom. The van der Waals surface area contributed by atoms with Crippen molar-refractivity contribution in [3.63, 3.8) is 0 Å². The number of hydrogen-bond donors (Lipinski definition) is 1. The minimum atomic E-state index is -0.339. The molecule has 6 heteroatoms. The van der Waals surface area contributed by atoms with Gasteiger partial charge in [-0.1, -0.05) is 18.2 Å². The van der Waals surface area contributed by atoms with Gasteiger partial charge >= 0.3 is 0 Å². The van der Waals surface area contributed by atoms with Gasteiger partial charge in [-0.15, -0.1) is 0 Å². The molecular formula is C18H21NO5. The van der Waals surface area contributed by atoms with Crippen LogP contribution in [0.5, 0.6) is 28.7 Å². The summed E-state index contributed by atoms with van der Waals surface area (Å²) >= 11 is 0. The van der Waals surface area contributed by atoms with Crippen molar-refractivity contribution in [2.45, 2.75) is 19.4 Å². The van der Waals surface area contributed by atoms with Crippen molar-refractivity contribution in [2.24, 2.45) is 0 Å². The molecule has 0 aromatic heterocycles. The van der Waals surface area contributed by atoms with E-state index in [2.05, 4.69) is 5.32 Å². The number of hydrogen-bond acceptors (Lipinski definition) is 6. The Bertz CT molecular complexity index is 669. The van der Waals surface area contributed by atoms with Crippen LogP contribution in [0.4, 0.5) is 0 Å². The third-order valence-electron chi connectivity index (χ3n) is 3.61. The minimum absolute atomic E-state index is 0.310. The van der Waals surface area contributed by atoms with Crippen LogP contribution < -0.4 is 29.0 Å². The Morgan fingerprint density at radius 2 is 1.67 bits per heavy atom. The molecular weight excluding hydrogens is 310 g/mol. The van der Waals surface area contributed by atoms with Crippen LogP contribution in [-0.4, -0.2) is 33.3 Å². The first-order chi connectivity index (χ1) is 11.7. The number of nitrogens with one attached hydrogen (secondary N) is 1. The van der Waals surface area contributed by atoms with Gasteiger partial charge in [0.15, 0.2) is 35.5 Å². The van der Waals surface area contributed by atoms with Crippen molar-refractivity contribution >= 4 is 0 Å². The summed E-state index contributed by atoms with van der Waals surface area (Å²) < 4.78 is 28.2. The van der Waals surface area contributed by atoms with Gasteiger partial charge in [-0.2, -0.15) is 0 Å². The highest BCUT2D eigenvalue weighted by Gasteiger charge is 2.23. The quantitative estimate of drug-likeness (QED) is 0.822. The molecule has 2 aromatic carbocycles. The molecule has 0 saturated carbocycles. The molecule has 0 bridgehead atoms. The van der Waals surface area contributed by atoms with Gasteiger partial charge in [0.25, 0.3) is 0 Å². The lowest BCUT2D eigenvalue weighted by atomic mass is 10.3. The second-order valence-corrected chi connectivity index (χ2v) is 5.28. The van der Waals surface area contributed by atoms with Gasteiger partial charge in [-0.3, -0.25) is 0 Å². The Hall–Kier alpha value is -2.60. The summed E-state index contributed by atoms with van der Waals surface area (Å²) in [6, 6.07) is 13.1. The van der Waals surface area contributed by atoms with Gasteiger partial charge in [-0.05, 0) is 31.2 Å². The molecule has 2 unspecified atom stereocenters. The molecule has 128 valence electrons. The van der Waals surface area contributed by atoms with Crippen molar-refractivity contribution in [3.8, 4) is 28.7 Å². The largest absolute Gasteiger partial charge is 0.493 e. The van der Waals surface area contributed by atoms with Gasteiger partial charge in [-0.25, -0.2) is 5.32 Å². The Kier molecular flexibility index (Phi) is 4.96. The maximum atomic E-state index is 5.95. The van der Waals surface area contributed by atoms with Crippen molar-refractivity contribution in [2.75, 3.05) is 20.8 Å². The van der Waals surface area contributed by atoms with E-state index < -0.39 is 0 Å². The number of methoxy groups -OCH3 is 2. The molecule has 0 radical (unpaired) electrons. The van der Waals surface area contributed by atoms with Crippen LogP contribution in [0.2, 0.25) is 0 Å². The lowest BCUT2D eigenvalue weighted by molar-refractivity contribution is 0.0248. The lowest BCUT2D eigenvalue weighted by Crippen LogP contribution is -2.48. The molecule has 0 spiro atoms. The molecule has 1 N–H and O–H groups in total. The first kappa shape index (κ1) is 16.3. The molecule has 0 aliphatic carbocycles. The fourth-order valence-electron chi connectivity index (χ4n) is 2.51. The van der Waals surface area contributed by atoms with E-state index in [0.717, 1.165) is 5.75 Å². The minimum Gasteiger partial charge on any atom is -0.493 e. The SMILES string of the molecule is COc1cccc(OC)c1OC(C)NC1COc2ccccc2O1. The molecule has 0 fully saturated rings. The standard InChI is InChI=1S/C18H21NO5/c1-12(23-18-15(20-2)9-6-10-16(18)21-3)19-17-11-22-13-7-4-5-8-14(13)24-17/h4-10,12,17,19H,11H2,1-3H3. The molecule has 2 aromatic rings. The Labute approximate surface area is 141 Å². The predicted molar refractivity (Wildman–Crippen MR) is 89.1 cm³/mol. The number of rotatable bonds is 6. The number of ether oxygens (including phenoxy) is 5. The second kappa shape index (κ2) is 7.31. The zero-order chi connectivity index (χ0) is 16.9. The predicted octanol–water partition coefficient (Wildman–Crippen LogP) is 2.82. The Morgan fingerprint density at radius 3 is 2.33 bits per heavy atom. The molecule has 0 saturated heterocycles. The zero-order valence-corrected chi connectivity index (χ0v) is 13.9. The van der Waals surface area contributed by atoms with Crippen LogP contribution in [0.15, 0.2) is 42.5 Å². The van der Waals surface area contributed by atoms with Gasteiger partial charge in [0.2, 0.25) is 5.75 Å². The van der Waals surface area contributed by atoms with Crippen LogP contribution in [0.25, 0.3) is 0 Å². The van der Waals surface area contributed by atoms with Crippen LogP contribution in [0.1, 0.15) is 6.92 Å². The van der Waals surface area contributed by atoms with E-state index in [1.54, 1.807) is 14.2 Å². The number of benzene rings is 2. The van der Waals surface area contributed by atoms with E-state index in [0.29, 0.717) is 29.6 Å². The van der Waals surface area contributed by atoms with E-state index in [1.165, 1.54) is 0 Å². The van der Waals surface area contributed by atoms with Crippen molar-refractivity contribution in [1.82, 2.24) is 5.32 Å². The van der Waals surface area contributed by atoms with Crippen LogP contribution in [-0.2, 0) is 0 Å². The maximum Gasteiger partial charge on any atom is 0.205 e. The summed E-state index contributed by atoms with van der Waals surface area (Å²) in [5.74, 6) is 3.21. The summed E-state index contributed by atoms with van der Waals surface area (Å²) in [5.41, 5.74) is 0. The van der Waals surface area contributed by atoms with Gasteiger partial charge < -0.3 is 23.7 Å². The molecule has 0 amide bonds. The highest BCUT2D eigenvalue weighted by Crippen LogP contribution is 2.37. The summed E-state index contributed by atoms with van der Waals surface area (Å²) in [6.07, 6.45) is -0.648. The van der Waals surface area contributed by atoms with Gasteiger partial charge in [0.1, 0.15) is 6.61 Å². The van der Waals surface area contributed by atoms with Gasteiger partial charge in [0.05, 0.1) is 14.2 Å². The van der Waals surface area contributed by atoms with Gasteiger partial charge in [0, 0.05) is 0 Å². The van der Waals surface area contributed by atoms with E-state index in [4.69, 9.17) is 23.7 Å². The summed E-state index contributed by atoms with van der Waals surface area (Å²) in [5, 5.41) is 3.23. The van der Waals surface area contributed by atoms with E-state index in [9.17, 15) is 0 Å².